The lowest BCUT2D eigenvalue weighted by Crippen LogP contribution is -2.33. The lowest BCUT2D eigenvalue weighted by molar-refractivity contribution is -0.274. The van der Waals surface area contributed by atoms with Crippen molar-refractivity contribution in [3.05, 3.63) is 72.3 Å². The van der Waals surface area contributed by atoms with Gasteiger partial charge in [0.1, 0.15) is 29.7 Å². The molecule has 7 nitrogen and oxygen atoms in total. The lowest BCUT2D eigenvalue weighted by Gasteiger charge is -2.19. The molecular weight excluding hydrogens is 463 g/mol. The van der Waals surface area contributed by atoms with Crippen molar-refractivity contribution in [2.24, 2.45) is 0 Å². The first kappa shape index (κ1) is 24.2. The molecule has 1 aliphatic heterocycles. The summed E-state index contributed by atoms with van der Waals surface area (Å²) in [7, 11) is 0. The highest BCUT2D eigenvalue weighted by Gasteiger charge is 2.31. The summed E-state index contributed by atoms with van der Waals surface area (Å²) in [5, 5.41) is 0. The van der Waals surface area contributed by atoms with Crippen LogP contribution >= 0.6 is 0 Å². The van der Waals surface area contributed by atoms with Crippen LogP contribution in [0.4, 0.5) is 13.2 Å². The maximum Gasteiger partial charge on any atom is 0.573 e. The Morgan fingerprint density at radius 2 is 1.77 bits per heavy atom. The molecular formula is C25H22F3N3O4. The van der Waals surface area contributed by atoms with Crippen LogP contribution in [0, 0.1) is 0 Å². The summed E-state index contributed by atoms with van der Waals surface area (Å²) in [6, 6.07) is 12.2. The standard InChI is InChI=1S/C25H22F3N3O4/c26-25(27,28)35-20-7-4-17(5-8-20)18-6-9-22-21(15-18)24(33)31(13-14-34-22)12-1-3-19(32)16-23-29-10-2-11-30-23/h2,4-11,15H,1,3,12-14,16H2. The number of nitrogens with zero attached hydrogens (tertiary/aromatic N) is 3. The summed E-state index contributed by atoms with van der Waals surface area (Å²) in [5.41, 5.74) is 1.64. The number of hydrogen-bond acceptors (Lipinski definition) is 6. The Morgan fingerprint density at radius 3 is 2.49 bits per heavy atom. The monoisotopic (exact) mass is 485 g/mol. The van der Waals surface area contributed by atoms with Crippen molar-refractivity contribution in [2.45, 2.75) is 25.6 Å². The van der Waals surface area contributed by atoms with E-state index < -0.39 is 6.36 Å². The molecule has 2 heterocycles. The van der Waals surface area contributed by atoms with E-state index in [1.165, 1.54) is 24.3 Å². The molecule has 2 aromatic carbocycles. The van der Waals surface area contributed by atoms with Crippen molar-refractivity contribution in [1.82, 2.24) is 14.9 Å². The molecule has 0 atom stereocenters. The molecule has 1 aliphatic rings. The van der Waals surface area contributed by atoms with Crippen LogP contribution in [0.3, 0.4) is 0 Å². The highest BCUT2D eigenvalue weighted by Crippen LogP contribution is 2.31. The van der Waals surface area contributed by atoms with Crippen LogP contribution in [0.15, 0.2) is 60.9 Å². The highest BCUT2D eigenvalue weighted by molar-refractivity contribution is 5.98. The molecule has 0 aliphatic carbocycles. The van der Waals surface area contributed by atoms with Gasteiger partial charge in [-0.05, 0) is 47.9 Å². The Labute approximate surface area is 199 Å². The third-order valence-corrected chi connectivity index (χ3v) is 5.40. The number of halogens is 3. The van der Waals surface area contributed by atoms with Gasteiger partial charge in [-0.25, -0.2) is 9.97 Å². The number of aromatic nitrogens is 2. The summed E-state index contributed by atoms with van der Waals surface area (Å²) in [4.78, 5) is 35.2. The first-order chi connectivity index (χ1) is 16.8. The number of hydrogen-bond donors (Lipinski definition) is 0. The minimum absolute atomic E-state index is 0.00430. The number of rotatable bonds is 8. The molecule has 182 valence electrons. The molecule has 35 heavy (non-hydrogen) atoms. The van der Waals surface area contributed by atoms with E-state index in [0.717, 1.165) is 0 Å². The van der Waals surface area contributed by atoms with Crippen LogP contribution in [-0.4, -0.2) is 52.6 Å². The molecule has 0 spiro atoms. The molecule has 1 amide bonds. The van der Waals surface area contributed by atoms with Gasteiger partial charge < -0.3 is 14.4 Å². The minimum atomic E-state index is -4.77. The van der Waals surface area contributed by atoms with Gasteiger partial charge in [-0.3, -0.25) is 9.59 Å². The Bertz CT molecular complexity index is 1180. The van der Waals surface area contributed by atoms with E-state index in [2.05, 4.69) is 14.7 Å². The van der Waals surface area contributed by atoms with E-state index in [0.29, 0.717) is 60.8 Å². The predicted octanol–water partition coefficient (Wildman–Crippen LogP) is 4.47. The Balaban J connectivity index is 1.40. The van der Waals surface area contributed by atoms with Crippen molar-refractivity contribution in [1.29, 1.82) is 0 Å². The van der Waals surface area contributed by atoms with Crippen molar-refractivity contribution in [3.63, 3.8) is 0 Å². The molecule has 10 heteroatoms. The zero-order valence-corrected chi connectivity index (χ0v) is 18.6. The summed E-state index contributed by atoms with van der Waals surface area (Å²) in [6.45, 7) is 1.08. The van der Waals surface area contributed by atoms with Gasteiger partial charge in [0.2, 0.25) is 0 Å². The molecule has 0 radical (unpaired) electrons. The van der Waals surface area contributed by atoms with Gasteiger partial charge >= 0.3 is 6.36 Å². The van der Waals surface area contributed by atoms with Crippen LogP contribution in [0.1, 0.15) is 29.0 Å². The number of ketones is 1. The third-order valence-electron chi connectivity index (χ3n) is 5.40. The van der Waals surface area contributed by atoms with Gasteiger partial charge in [0.25, 0.3) is 5.91 Å². The number of fused-ring (bicyclic) bond motifs is 1. The molecule has 0 saturated carbocycles. The van der Waals surface area contributed by atoms with Gasteiger partial charge in [0, 0.05) is 25.4 Å². The molecule has 0 fully saturated rings. The number of carbonyl (C=O) groups is 2. The summed E-state index contributed by atoms with van der Waals surface area (Å²) in [5.74, 6) is 0.354. The first-order valence-electron chi connectivity index (χ1n) is 11.0. The first-order valence-corrected chi connectivity index (χ1v) is 11.0. The fourth-order valence-corrected chi connectivity index (χ4v) is 3.76. The van der Waals surface area contributed by atoms with Crippen molar-refractivity contribution in [3.8, 4) is 22.6 Å². The van der Waals surface area contributed by atoms with E-state index >= 15 is 0 Å². The minimum Gasteiger partial charge on any atom is -0.491 e. The van der Waals surface area contributed by atoms with E-state index in [-0.39, 0.29) is 23.9 Å². The van der Waals surface area contributed by atoms with E-state index in [1.807, 2.05) is 0 Å². The number of alkyl halides is 3. The molecule has 0 bridgehead atoms. The number of Topliss-reactive ketones (excluding diaryl/α,β-unsaturated/α-hetero) is 1. The van der Waals surface area contributed by atoms with Crippen molar-refractivity contribution < 1.29 is 32.2 Å². The molecule has 0 N–H and O–H groups in total. The Kier molecular flexibility index (Phi) is 7.28. The van der Waals surface area contributed by atoms with Gasteiger partial charge in [-0.1, -0.05) is 18.2 Å². The molecule has 3 aromatic rings. The van der Waals surface area contributed by atoms with Gasteiger partial charge in [0.05, 0.1) is 18.5 Å². The van der Waals surface area contributed by atoms with E-state index in [4.69, 9.17) is 4.74 Å². The molecule has 0 unspecified atom stereocenters. The molecule has 1 aromatic heterocycles. The van der Waals surface area contributed by atoms with Crippen LogP contribution < -0.4 is 9.47 Å². The van der Waals surface area contributed by atoms with Gasteiger partial charge in [0.15, 0.2) is 0 Å². The fraction of sp³-hybridized carbons (Fsp3) is 0.280. The summed E-state index contributed by atoms with van der Waals surface area (Å²) < 4.78 is 46.8. The van der Waals surface area contributed by atoms with Crippen LogP contribution in [0.2, 0.25) is 0 Å². The predicted molar refractivity (Wildman–Crippen MR) is 120 cm³/mol. The van der Waals surface area contributed by atoms with E-state index in [1.54, 1.807) is 41.6 Å². The lowest BCUT2D eigenvalue weighted by atomic mass is 10.0. The summed E-state index contributed by atoms with van der Waals surface area (Å²) in [6.07, 6.45) is -0.658. The average molecular weight is 485 g/mol. The number of ether oxygens (including phenoxy) is 2. The van der Waals surface area contributed by atoms with E-state index in [9.17, 15) is 22.8 Å². The average Bonchev–Trinajstić information content (AvgIpc) is 2.98. The largest absolute Gasteiger partial charge is 0.573 e. The third kappa shape index (κ3) is 6.56. The fourth-order valence-electron chi connectivity index (χ4n) is 3.76. The van der Waals surface area contributed by atoms with Crippen molar-refractivity contribution >= 4 is 11.7 Å². The zero-order chi connectivity index (χ0) is 24.8. The quantitative estimate of drug-likeness (QED) is 0.468. The van der Waals surface area contributed by atoms with Gasteiger partial charge in [-0.15, -0.1) is 13.2 Å². The Morgan fingerprint density at radius 1 is 1.06 bits per heavy atom. The molecule has 0 saturated heterocycles. The zero-order valence-electron chi connectivity index (χ0n) is 18.6. The van der Waals surface area contributed by atoms with Crippen LogP contribution in [0.25, 0.3) is 11.1 Å². The number of benzene rings is 2. The SMILES string of the molecule is O=C(CCCN1CCOc2ccc(-c3ccc(OC(F)(F)F)cc3)cc2C1=O)Cc1ncccn1. The normalized spacial score (nSPS) is 13.6. The topological polar surface area (TPSA) is 81.6 Å². The second-order valence-electron chi connectivity index (χ2n) is 7.91. The van der Waals surface area contributed by atoms with Crippen molar-refractivity contribution in [2.75, 3.05) is 19.7 Å². The molecule has 4 rings (SSSR count). The second kappa shape index (κ2) is 10.5. The smallest absolute Gasteiger partial charge is 0.491 e. The number of carbonyl (C=O) groups excluding carboxylic acids is 2. The van der Waals surface area contributed by atoms with Crippen LogP contribution in [0.5, 0.6) is 11.5 Å². The Hall–Kier alpha value is -3.95. The maximum absolute atomic E-state index is 13.2. The number of amides is 1. The second-order valence-corrected chi connectivity index (χ2v) is 7.91. The van der Waals surface area contributed by atoms with Gasteiger partial charge in [-0.2, -0.15) is 0 Å². The highest BCUT2D eigenvalue weighted by atomic mass is 19.4. The van der Waals surface area contributed by atoms with Crippen LogP contribution in [-0.2, 0) is 11.2 Å². The maximum atomic E-state index is 13.2. The summed E-state index contributed by atoms with van der Waals surface area (Å²) >= 11 is 0.